The number of esters is 1. The molecule has 0 spiro atoms. The fourth-order valence-electron chi connectivity index (χ4n) is 3.29. The summed E-state index contributed by atoms with van der Waals surface area (Å²) in [6.45, 7) is 2.40. The molecule has 0 saturated heterocycles. The summed E-state index contributed by atoms with van der Waals surface area (Å²) in [5.74, 6) is -1.01. The molecule has 0 radical (unpaired) electrons. The molecule has 1 heterocycles. The second-order valence-corrected chi connectivity index (χ2v) is 5.87. The second-order valence-electron chi connectivity index (χ2n) is 5.87. The van der Waals surface area contributed by atoms with Gasteiger partial charge in [-0.25, -0.2) is 0 Å². The first-order valence-electron chi connectivity index (χ1n) is 7.67. The van der Waals surface area contributed by atoms with Crippen LogP contribution in [0.15, 0.2) is 23.3 Å². The summed E-state index contributed by atoms with van der Waals surface area (Å²) in [4.78, 5) is 24.0. The van der Waals surface area contributed by atoms with Crippen LogP contribution in [0.25, 0.3) is 0 Å². The molecule has 0 N–H and O–H groups in total. The highest BCUT2D eigenvalue weighted by molar-refractivity contribution is 5.93. The summed E-state index contributed by atoms with van der Waals surface area (Å²) >= 11 is 0. The van der Waals surface area contributed by atoms with E-state index in [1.807, 2.05) is 6.92 Å². The lowest BCUT2D eigenvalue weighted by Crippen LogP contribution is -2.32. The number of ether oxygens (including phenoxy) is 4. The zero-order chi connectivity index (χ0) is 17.0. The molecule has 6 nitrogen and oxygen atoms in total. The van der Waals surface area contributed by atoms with Crippen molar-refractivity contribution in [3.05, 3.63) is 23.3 Å². The van der Waals surface area contributed by atoms with Crippen molar-refractivity contribution < 1.29 is 28.5 Å². The minimum atomic E-state index is -0.510. The predicted molar refractivity (Wildman–Crippen MR) is 82.6 cm³/mol. The molecule has 0 saturated carbocycles. The van der Waals surface area contributed by atoms with Crippen molar-refractivity contribution in [1.29, 1.82) is 0 Å². The standard InChI is InChI=1S/C17H24O6/c1-10-9-23-13(8-14(20-2)21-3)15(10)16(17(19)22-4)11-5-6-12(18)7-11/h5-6,11,13-14,16H,7-9H2,1-4H3/t11-,13+,16?/m0/s1. The molecule has 0 amide bonds. The number of carbonyl (C=O) groups excluding carboxylic acids is 2. The van der Waals surface area contributed by atoms with Gasteiger partial charge in [0.05, 0.1) is 25.7 Å². The zero-order valence-corrected chi connectivity index (χ0v) is 14.0. The fourth-order valence-corrected chi connectivity index (χ4v) is 3.29. The van der Waals surface area contributed by atoms with E-state index in [1.165, 1.54) is 13.2 Å². The van der Waals surface area contributed by atoms with Crippen LogP contribution in [-0.2, 0) is 28.5 Å². The van der Waals surface area contributed by atoms with Crippen molar-refractivity contribution in [3.63, 3.8) is 0 Å². The van der Waals surface area contributed by atoms with E-state index in [1.54, 1.807) is 20.3 Å². The van der Waals surface area contributed by atoms with Crippen molar-refractivity contribution in [2.45, 2.75) is 32.2 Å². The van der Waals surface area contributed by atoms with Crippen LogP contribution >= 0.6 is 0 Å². The smallest absolute Gasteiger partial charge is 0.313 e. The highest BCUT2D eigenvalue weighted by atomic mass is 16.7. The highest BCUT2D eigenvalue weighted by Gasteiger charge is 2.41. The molecule has 1 aliphatic heterocycles. The predicted octanol–water partition coefficient (Wildman–Crippen LogP) is 1.65. The summed E-state index contributed by atoms with van der Waals surface area (Å²) in [7, 11) is 4.49. The molecule has 0 bridgehead atoms. The lowest BCUT2D eigenvalue weighted by Gasteiger charge is -2.27. The number of methoxy groups -OCH3 is 3. The van der Waals surface area contributed by atoms with Crippen LogP contribution in [0.2, 0.25) is 0 Å². The zero-order valence-electron chi connectivity index (χ0n) is 14.0. The van der Waals surface area contributed by atoms with Crippen molar-refractivity contribution in [2.24, 2.45) is 11.8 Å². The number of ketones is 1. The average molecular weight is 324 g/mol. The Morgan fingerprint density at radius 1 is 1.35 bits per heavy atom. The molecular formula is C17H24O6. The molecule has 2 rings (SSSR count). The van der Waals surface area contributed by atoms with Crippen molar-refractivity contribution in [2.75, 3.05) is 27.9 Å². The van der Waals surface area contributed by atoms with E-state index in [-0.39, 0.29) is 23.8 Å². The quantitative estimate of drug-likeness (QED) is 0.403. The van der Waals surface area contributed by atoms with E-state index in [9.17, 15) is 9.59 Å². The van der Waals surface area contributed by atoms with Gasteiger partial charge in [0, 0.05) is 33.0 Å². The van der Waals surface area contributed by atoms with Gasteiger partial charge in [0.2, 0.25) is 0 Å². The normalized spacial score (nSPS) is 25.5. The Morgan fingerprint density at radius 3 is 2.57 bits per heavy atom. The third-order valence-electron chi connectivity index (χ3n) is 4.46. The second kappa shape index (κ2) is 7.86. The number of rotatable bonds is 7. The van der Waals surface area contributed by atoms with Gasteiger partial charge in [0.1, 0.15) is 0 Å². The van der Waals surface area contributed by atoms with E-state index >= 15 is 0 Å². The minimum absolute atomic E-state index is 0.0317. The topological polar surface area (TPSA) is 71.1 Å². The molecule has 3 atom stereocenters. The average Bonchev–Trinajstić information content (AvgIpc) is 3.12. The Balaban J connectivity index is 2.27. The van der Waals surface area contributed by atoms with Crippen molar-refractivity contribution in [3.8, 4) is 0 Å². The van der Waals surface area contributed by atoms with E-state index in [0.717, 1.165) is 11.1 Å². The van der Waals surface area contributed by atoms with Crippen molar-refractivity contribution in [1.82, 2.24) is 0 Å². The van der Waals surface area contributed by atoms with Gasteiger partial charge in [-0.05, 0) is 24.1 Å². The Morgan fingerprint density at radius 2 is 2.04 bits per heavy atom. The SMILES string of the molecule is COC(=O)C(C1=C(C)CO[C@@H]1CC(OC)OC)[C@H]1C=CC(=O)C1. The first-order valence-corrected chi connectivity index (χ1v) is 7.67. The molecule has 128 valence electrons. The van der Waals surface area contributed by atoms with Crippen LogP contribution in [0.4, 0.5) is 0 Å². The van der Waals surface area contributed by atoms with Crippen LogP contribution in [0, 0.1) is 11.8 Å². The van der Waals surface area contributed by atoms with Crippen LogP contribution in [-0.4, -0.2) is 52.1 Å². The van der Waals surface area contributed by atoms with E-state index < -0.39 is 12.2 Å². The Kier molecular flexibility index (Phi) is 6.10. The molecule has 1 unspecified atom stereocenters. The summed E-state index contributed by atoms with van der Waals surface area (Å²) in [5, 5.41) is 0. The molecule has 0 aromatic rings. The van der Waals surface area contributed by atoms with Gasteiger partial charge in [-0.1, -0.05) is 6.08 Å². The third kappa shape index (κ3) is 3.88. The summed E-state index contributed by atoms with van der Waals surface area (Å²) in [5.41, 5.74) is 1.89. The van der Waals surface area contributed by atoms with Crippen LogP contribution in [0.1, 0.15) is 19.8 Å². The molecule has 2 aliphatic rings. The lowest BCUT2D eigenvalue weighted by atomic mass is 9.80. The number of hydrogen-bond donors (Lipinski definition) is 0. The van der Waals surface area contributed by atoms with Gasteiger partial charge >= 0.3 is 5.97 Å². The molecule has 0 aromatic carbocycles. The first kappa shape index (κ1) is 17.8. The molecular weight excluding hydrogens is 300 g/mol. The highest BCUT2D eigenvalue weighted by Crippen LogP contribution is 2.38. The van der Waals surface area contributed by atoms with Crippen LogP contribution in [0.5, 0.6) is 0 Å². The maximum atomic E-state index is 12.4. The molecule has 0 fully saturated rings. The summed E-state index contributed by atoms with van der Waals surface area (Å²) < 4.78 is 21.3. The van der Waals surface area contributed by atoms with Crippen molar-refractivity contribution >= 4 is 11.8 Å². The first-order chi connectivity index (χ1) is 11.0. The maximum absolute atomic E-state index is 12.4. The number of carbonyl (C=O) groups is 2. The molecule has 0 aromatic heterocycles. The van der Waals surface area contributed by atoms with Gasteiger partial charge in [-0.15, -0.1) is 0 Å². The Bertz CT molecular complexity index is 517. The maximum Gasteiger partial charge on any atom is 0.313 e. The lowest BCUT2D eigenvalue weighted by molar-refractivity contribution is -0.146. The monoisotopic (exact) mass is 324 g/mol. The summed E-state index contributed by atoms with van der Waals surface area (Å²) in [6.07, 6.45) is 3.43. The molecule has 1 aliphatic carbocycles. The fraction of sp³-hybridized carbons (Fsp3) is 0.647. The van der Waals surface area contributed by atoms with E-state index in [4.69, 9.17) is 18.9 Å². The minimum Gasteiger partial charge on any atom is -0.469 e. The van der Waals surface area contributed by atoms with Gasteiger partial charge in [0.25, 0.3) is 0 Å². The van der Waals surface area contributed by atoms with Gasteiger partial charge in [0.15, 0.2) is 12.1 Å². The largest absolute Gasteiger partial charge is 0.469 e. The Hall–Kier alpha value is -1.50. The van der Waals surface area contributed by atoms with Gasteiger partial charge < -0.3 is 18.9 Å². The molecule has 6 heteroatoms. The van der Waals surface area contributed by atoms with Gasteiger partial charge in [-0.3, -0.25) is 9.59 Å². The van der Waals surface area contributed by atoms with Crippen LogP contribution in [0.3, 0.4) is 0 Å². The third-order valence-corrected chi connectivity index (χ3v) is 4.46. The Labute approximate surface area is 136 Å². The van der Waals surface area contributed by atoms with Gasteiger partial charge in [-0.2, -0.15) is 0 Å². The number of hydrogen-bond acceptors (Lipinski definition) is 6. The van der Waals surface area contributed by atoms with E-state index in [2.05, 4.69) is 0 Å². The van der Waals surface area contributed by atoms with E-state index in [0.29, 0.717) is 19.4 Å². The summed E-state index contributed by atoms with van der Waals surface area (Å²) in [6, 6.07) is 0. The molecule has 23 heavy (non-hydrogen) atoms. The number of allylic oxidation sites excluding steroid dienone is 2. The van der Waals surface area contributed by atoms with Crippen LogP contribution < -0.4 is 0 Å².